The van der Waals surface area contributed by atoms with Crippen LogP contribution in [0.1, 0.15) is 25.7 Å². The van der Waals surface area contributed by atoms with Crippen LogP contribution >= 0.6 is 0 Å². The third kappa shape index (κ3) is 6.20. The summed E-state index contributed by atoms with van der Waals surface area (Å²) in [7, 11) is 0. The monoisotopic (exact) mass is 471 g/mol. The molecular formula is C29H33N3O3. The van der Waals surface area contributed by atoms with Crippen molar-refractivity contribution >= 4 is 5.91 Å². The number of carbonyl (C=O) groups excluding carboxylic acids is 1. The molecule has 3 heterocycles. The smallest absolute Gasteiger partial charge is 0.260 e. The van der Waals surface area contributed by atoms with Gasteiger partial charge in [-0.15, -0.1) is 0 Å². The first kappa shape index (κ1) is 23.4. The quantitative estimate of drug-likeness (QED) is 0.502. The second kappa shape index (κ2) is 11.4. The molecule has 3 aromatic rings. The van der Waals surface area contributed by atoms with E-state index in [4.69, 9.17) is 9.47 Å². The van der Waals surface area contributed by atoms with Crippen LogP contribution in [0.4, 0.5) is 0 Å². The Kier molecular flexibility index (Phi) is 7.59. The molecule has 1 aromatic heterocycles. The van der Waals surface area contributed by atoms with Crippen LogP contribution in [0.5, 0.6) is 11.5 Å². The number of hydrogen-bond donors (Lipinski definition) is 0. The van der Waals surface area contributed by atoms with E-state index in [1.54, 1.807) is 12.4 Å². The first-order valence-electron chi connectivity index (χ1n) is 12.6. The van der Waals surface area contributed by atoms with Gasteiger partial charge in [-0.25, -0.2) is 0 Å². The number of carbonyl (C=O) groups is 1. The number of hydrogen-bond acceptors (Lipinski definition) is 5. The lowest BCUT2D eigenvalue weighted by Crippen LogP contribution is -2.50. The topological polar surface area (TPSA) is 54.9 Å². The first-order valence-corrected chi connectivity index (χ1v) is 12.6. The van der Waals surface area contributed by atoms with Crippen LogP contribution in [0, 0.1) is 0 Å². The second-order valence-electron chi connectivity index (χ2n) is 9.33. The molecule has 6 heteroatoms. The van der Waals surface area contributed by atoms with E-state index in [1.165, 1.54) is 5.56 Å². The number of ether oxygens (including phenoxy) is 2. The predicted molar refractivity (Wildman–Crippen MR) is 136 cm³/mol. The van der Waals surface area contributed by atoms with Crippen LogP contribution in [0.3, 0.4) is 0 Å². The highest BCUT2D eigenvalue weighted by atomic mass is 16.5. The number of rotatable bonds is 7. The van der Waals surface area contributed by atoms with E-state index >= 15 is 0 Å². The fourth-order valence-corrected chi connectivity index (χ4v) is 5.06. The van der Waals surface area contributed by atoms with Crippen molar-refractivity contribution in [1.29, 1.82) is 0 Å². The van der Waals surface area contributed by atoms with E-state index in [9.17, 15) is 4.79 Å². The van der Waals surface area contributed by atoms with Crippen LogP contribution in [0.25, 0.3) is 11.1 Å². The average Bonchev–Trinajstić information content (AvgIpc) is 2.94. The summed E-state index contributed by atoms with van der Waals surface area (Å²) in [6.45, 7) is 3.79. The van der Waals surface area contributed by atoms with Gasteiger partial charge in [0.2, 0.25) is 0 Å². The SMILES string of the molecule is O=C(COc1ccc(-c2ccccc2)cc1)N1CCC(N2CCC(Oc3ccncc3)CC2)CC1. The van der Waals surface area contributed by atoms with Crippen LogP contribution in [-0.2, 0) is 4.79 Å². The fraction of sp³-hybridized carbons (Fsp3) is 0.379. The van der Waals surface area contributed by atoms with Crippen molar-refractivity contribution in [3.63, 3.8) is 0 Å². The summed E-state index contributed by atoms with van der Waals surface area (Å²) < 4.78 is 11.9. The van der Waals surface area contributed by atoms with Gasteiger partial charge in [0.25, 0.3) is 5.91 Å². The van der Waals surface area contributed by atoms with Crippen LogP contribution < -0.4 is 9.47 Å². The standard InChI is InChI=1S/C29H33N3O3/c33-29(22-34-26-8-6-24(7-9-26)23-4-2-1-3-5-23)32-18-12-25(13-19-32)31-20-14-28(15-21-31)35-27-10-16-30-17-11-27/h1-11,16-17,25,28H,12-15,18-22H2. The molecule has 0 unspecified atom stereocenters. The van der Waals surface area contributed by atoms with E-state index in [0.717, 1.165) is 68.9 Å². The van der Waals surface area contributed by atoms with Gasteiger partial charge in [0.1, 0.15) is 17.6 Å². The zero-order chi connectivity index (χ0) is 23.9. The van der Waals surface area contributed by atoms with Gasteiger partial charge in [-0.05, 0) is 61.1 Å². The normalized spacial score (nSPS) is 17.8. The number of aromatic nitrogens is 1. The van der Waals surface area contributed by atoms with Crippen molar-refractivity contribution in [3.8, 4) is 22.6 Å². The van der Waals surface area contributed by atoms with E-state index < -0.39 is 0 Å². The highest BCUT2D eigenvalue weighted by molar-refractivity contribution is 5.78. The predicted octanol–water partition coefficient (Wildman–Crippen LogP) is 4.66. The van der Waals surface area contributed by atoms with Crippen molar-refractivity contribution in [2.45, 2.75) is 37.8 Å². The Morgan fingerprint density at radius 2 is 1.43 bits per heavy atom. The molecule has 0 aliphatic carbocycles. The number of piperidine rings is 2. The summed E-state index contributed by atoms with van der Waals surface area (Å²) in [4.78, 5) is 21.3. The molecule has 2 aromatic carbocycles. The molecule has 2 aliphatic rings. The summed E-state index contributed by atoms with van der Waals surface area (Å²) in [6.07, 6.45) is 7.94. The highest BCUT2D eigenvalue weighted by Crippen LogP contribution is 2.25. The Bertz CT molecular complexity index is 1060. The minimum absolute atomic E-state index is 0.0695. The molecule has 0 N–H and O–H groups in total. The molecule has 2 saturated heterocycles. The third-order valence-electron chi connectivity index (χ3n) is 7.09. The minimum atomic E-state index is 0.0695. The summed E-state index contributed by atoms with van der Waals surface area (Å²) in [5, 5.41) is 0. The number of pyridine rings is 1. The molecule has 2 fully saturated rings. The highest BCUT2D eigenvalue weighted by Gasteiger charge is 2.30. The van der Waals surface area contributed by atoms with Crippen molar-refractivity contribution < 1.29 is 14.3 Å². The first-order chi connectivity index (χ1) is 17.2. The van der Waals surface area contributed by atoms with Crippen molar-refractivity contribution in [3.05, 3.63) is 79.1 Å². The lowest BCUT2D eigenvalue weighted by Gasteiger charge is -2.41. The van der Waals surface area contributed by atoms with E-state index in [-0.39, 0.29) is 18.6 Å². The Hall–Kier alpha value is -3.38. The third-order valence-corrected chi connectivity index (χ3v) is 7.09. The maximum absolute atomic E-state index is 12.7. The molecule has 0 bridgehead atoms. The lowest BCUT2D eigenvalue weighted by molar-refractivity contribution is -0.135. The van der Waals surface area contributed by atoms with Gasteiger partial charge < -0.3 is 14.4 Å². The Labute approximate surface area is 207 Å². The molecule has 35 heavy (non-hydrogen) atoms. The largest absolute Gasteiger partial charge is 0.490 e. The summed E-state index contributed by atoms with van der Waals surface area (Å²) in [5.74, 6) is 1.70. The molecular weight excluding hydrogens is 438 g/mol. The van der Waals surface area contributed by atoms with E-state index in [0.29, 0.717) is 6.04 Å². The van der Waals surface area contributed by atoms with Crippen molar-refractivity contribution in [2.24, 2.45) is 0 Å². The summed E-state index contributed by atoms with van der Waals surface area (Å²) in [5.41, 5.74) is 2.31. The van der Waals surface area contributed by atoms with Gasteiger partial charge in [0.15, 0.2) is 6.61 Å². The molecule has 0 spiro atoms. The maximum Gasteiger partial charge on any atom is 0.260 e. The lowest BCUT2D eigenvalue weighted by atomic mass is 9.99. The number of nitrogens with zero attached hydrogens (tertiary/aromatic N) is 3. The minimum Gasteiger partial charge on any atom is -0.490 e. The van der Waals surface area contributed by atoms with Crippen molar-refractivity contribution in [2.75, 3.05) is 32.8 Å². The molecule has 1 amide bonds. The summed E-state index contributed by atoms with van der Waals surface area (Å²) >= 11 is 0. The Morgan fingerprint density at radius 3 is 2.11 bits per heavy atom. The van der Waals surface area contributed by atoms with E-state index in [1.807, 2.05) is 59.5 Å². The molecule has 0 radical (unpaired) electrons. The van der Waals surface area contributed by atoms with Crippen LogP contribution in [0.15, 0.2) is 79.1 Å². The number of likely N-dealkylation sites (tertiary alicyclic amines) is 2. The van der Waals surface area contributed by atoms with Gasteiger partial charge in [-0.2, -0.15) is 0 Å². The molecule has 0 saturated carbocycles. The Balaban J connectivity index is 1.02. The number of benzene rings is 2. The van der Waals surface area contributed by atoms with Gasteiger partial charge in [-0.3, -0.25) is 14.7 Å². The fourth-order valence-electron chi connectivity index (χ4n) is 5.06. The zero-order valence-corrected chi connectivity index (χ0v) is 20.1. The maximum atomic E-state index is 12.7. The van der Waals surface area contributed by atoms with E-state index in [2.05, 4.69) is 22.0 Å². The second-order valence-corrected chi connectivity index (χ2v) is 9.33. The van der Waals surface area contributed by atoms with Crippen LogP contribution in [-0.4, -0.2) is 65.6 Å². The molecule has 0 atom stereocenters. The van der Waals surface area contributed by atoms with Gasteiger partial charge >= 0.3 is 0 Å². The zero-order valence-electron chi connectivity index (χ0n) is 20.1. The molecule has 182 valence electrons. The van der Waals surface area contributed by atoms with Gasteiger partial charge in [-0.1, -0.05) is 42.5 Å². The Morgan fingerprint density at radius 1 is 0.771 bits per heavy atom. The molecule has 6 nitrogen and oxygen atoms in total. The van der Waals surface area contributed by atoms with Crippen LogP contribution in [0.2, 0.25) is 0 Å². The van der Waals surface area contributed by atoms with Crippen molar-refractivity contribution in [1.82, 2.24) is 14.8 Å². The average molecular weight is 472 g/mol. The summed E-state index contributed by atoms with van der Waals surface area (Å²) in [6, 6.07) is 22.6. The molecule has 5 rings (SSSR count). The van der Waals surface area contributed by atoms with Gasteiger partial charge in [0.05, 0.1) is 0 Å². The van der Waals surface area contributed by atoms with Gasteiger partial charge in [0, 0.05) is 44.6 Å². The molecule has 2 aliphatic heterocycles. The number of amides is 1.